The summed E-state index contributed by atoms with van der Waals surface area (Å²) in [7, 11) is 0. The van der Waals surface area contributed by atoms with Gasteiger partial charge in [-0.05, 0) is 29.7 Å². The van der Waals surface area contributed by atoms with Gasteiger partial charge in [0.2, 0.25) is 0 Å². The Labute approximate surface area is 178 Å². The van der Waals surface area contributed by atoms with Gasteiger partial charge in [-0.1, -0.05) is 72.8 Å². The van der Waals surface area contributed by atoms with Gasteiger partial charge in [0.25, 0.3) is 0 Å². The van der Waals surface area contributed by atoms with E-state index in [-0.39, 0.29) is 11.6 Å². The summed E-state index contributed by atoms with van der Waals surface area (Å²) < 4.78 is 42.6. The Hall–Kier alpha value is -3.54. The Morgan fingerprint density at radius 3 is 2.00 bits per heavy atom. The molecule has 1 aliphatic rings. The van der Waals surface area contributed by atoms with E-state index in [4.69, 9.17) is 5.10 Å². The zero-order chi connectivity index (χ0) is 21.4. The van der Waals surface area contributed by atoms with Crippen molar-refractivity contribution in [3.63, 3.8) is 0 Å². The molecule has 0 saturated heterocycles. The van der Waals surface area contributed by atoms with E-state index in [0.29, 0.717) is 12.4 Å². The molecule has 1 N–H and O–H groups in total. The molecule has 5 rings (SSSR count). The minimum Gasteiger partial charge on any atom is -0.369 e. The van der Waals surface area contributed by atoms with Crippen LogP contribution in [0, 0.1) is 0 Å². The highest BCUT2D eigenvalue weighted by Gasteiger charge is 2.36. The van der Waals surface area contributed by atoms with Crippen molar-refractivity contribution < 1.29 is 13.2 Å². The number of rotatable bonds is 4. The largest absolute Gasteiger partial charge is 0.418 e. The summed E-state index contributed by atoms with van der Waals surface area (Å²) >= 11 is 0. The molecule has 3 nitrogen and oxygen atoms in total. The van der Waals surface area contributed by atoms with Crippen LogP contribution in [0.15, 0.2) is 84.9 Å². The first kappa shape index (κ1) is 19.4. The molecule has 31 heavy (non-hydrogen) atoms. The topological polar surface area (TPSA) is 29.9 Å². The van der Waals surface area contributed by atoms with Gasteiger partial charge in [0, 0.05) is 12.1 Å². The maximum absolute atomic E-state index is 13.7. The standard InChI is InChI=1S/C25H20F3N3/c26-25(27,28)20-13-7-8-14-21(20)31-24-19(15-16-29-24)23(30-31)22(17-9-3-1-4-10-17)18-11-5-2-6-12-18/h1-14,22,29H,15-16H2. The lowest BCUT2D eigenvalue weighted by Gasteiger charge is -2.18. The monoisotopic (exact) mass is 419 g/mol. The minimum atomic E-state index is -4.47. The lowest BCUT2D eigenvalue weighted by molar-refractivity contribution is -0.137. The van der Waals surface area contributed by atoms with Crippen LogP contribution in [-0.2, 0) is 12.6 Å². The van der Waals surface area contributed by atoms with Gasteiger partial charge in [-0.25, -0.2) is 4.68 Å². The van der Waals surface area contributed by atoms with Gasteiger partial charge in [0.15, 0.2) is 0 Å². The SMILES string of the molecule is FC(F)(F)c1ccccc1-n1nc(C(c2ccccc2)c2ccccc2)c2c1NCC2. The molecule has 4 aromatic rings. The Morgan fingerprint density at radius 1 is 0.806 bits per heavy atom. The van der Waals surface area contributed by atoms with E-state index in [9.17, 15) is 13.2 Å². The summed E-state index contributed by atoms with van der Waals surface area (Å²) in [6.07, 6.45) is -3.75. The number of hydrogen-bond donors (Lipinski definition) is 1. The van der Waals surface area contributed by atoms with Crippen molar-refractivity contribution in [1.29, 1.82) is 0 Å². The quantitative estimate of drug-likeness (QED) is 0.437. The molecule has 1 aliphatic heterocycles. The van der Waals surface area contributed by atoms with Crippen LogP contribution < -0.4 is 5.32 Å². The third kappa shape index (κ3) is 3.48. The molecule has 0 unspecified atom stereocenters. The van der Waals surface area contributed by atoms with Gasteiger partial charge in [0.1, 0.15) is 5.82 Å². The van der Waals surface area contributed by atoms with Crippen molar-refractivity contribution in [2.75, 3.05) is 11.9 Å². The van der Waals surface area contributed by atoms with Crippen LogP contribution in [-0.4, -0.2) is 16.3 Å². The second kappa shape index (κ2) is 7.61. The number of alkyl halides is 3. The van der Waals surface area contributed by atoms with E-state index in [1.54, 1.807) is 6.07 Å². The van der Waals surface area contributed by atoms with Crippen molar-refractivity contribution in [3.05, 3.63) is 113 Å². The lowest BCUT2D eigenvalue weighted by atomic mass is 9.86. The number of halogens is 3. The molecule has 0 spiro atoms. The zero-order valence-electron chi connectivity index (χ0n) is 16.6. The molecule has 156 valence electrons. The molecule has 0 amide bonds. The molecular weight excluding hydrogens is 399 g/mol. The Kier molecular flexibility index (Phi) is 4.77. The number of fused-ring (bicyclic) bond motifs is 1. The summed E-state index contributed by atoms with van der Waals surface area (Å²) in [6.45, 7) is 0.671. The molecule has 0 aliphatic carbocycles. The number of anilines is 1. The van der Waals surface area contributed by atoms with Crippen molar-refractivity contribution >= 4 is 5.82 Å². The van der Waals surface area contributed by atoms with Gasteiger partial charge >= 0.3 is 6.18 Å². The van der Waals surface area contributed by atoms with Crippen molar-refractivity contribution in [2.45, 2.75) is 18.5 Å². The number of para-hydroxylation sites is 1. The summed E-state index contributed by atoms with van der Waals surface area (Å²) in [5.74, 6) is 0.471. The summed E-state index contributed by atoms with van der Waals surface area (Å²) in [6, 6.07) is 25.5. The molecular formula is C25H20F3N3. The van der Waals surface area contributed by atoms with Crippen LogP contribution >= 0.6 is 0 Å². The first-order chi connectivity index (χ1) is 15.0. The highest BCUT2D eigenvalue weighted by Crippen LogP contribution is 2.41. The number of nitrogens with one attached hydrogen (secondary N) is 1. The average molecular weight is 419 g/mol. The molecule has 0 saturated carbocycles. The molecule has 0 bridgehead atoms. The third-order valence-electron chi connectivity index (χ3n) is 5.66. The minimum absolute atomic E-state index is 0.0340. The Bertz CT molecular complexity index is 1160. The number of hydrogen-bond acceptors (Lipinski definition) is 2. The third-order valence-corrected chi connectivity index (χ3v) is 5.66. The van der Waals surface area contributed by atoms with Gasteiger partial charge < -0.3 is 5.32 Å². The van der Waals surface area contributed by atoms with Gasteiger partial charge in [0.05, 0.1) is 22.9 Å². The first-order valence-corrected chi connectivity index (χ1v) is 10.2. The highest BCUT2D eigenvalue weighted by atomic mass is 19.4. The molecule has 3 aromatic carbocycles. The Morgan fingerprint density at radius 2 is 1.39 bits per heavy atom. The summed E-state index contributed by atoms with van der Waals surface area (Å²) in [4.78, 5) is 0. The molecule has 2 heterocycles. The van der Waals surface area contributed by atoms with E-state index >= 15 is 0 Å². The fourth-order valence-corrected chi connectivity index (χ4v) is 4.30. The molecule has 6 heteroatoms. The van der Waals surface area contributed by atoms with Crippen LogP contribution in [0.4, 0.5) is 19.0 Å². The van der Waals surface area contributed by atoms with E-state index in [2.05, 4.69) is 5.32 Å². The smallest absolute Gasteiger partial charge is 0.369 e. The van der Waals surface area contributed by atoms with Gasteiger partial charge in [-0.15, -0.1) is 0 Å². The van der Waals surface area contributed by atoms with Gasteiger partial charge in [-0.3, -0.25) is 0 Å². The molecule has 0 atom stereocenters. The summed E-state index contributed by atoms with van der Waals surface area (Å²) in [5.41, 5.74) is 3.20. The fraction of sp³-hybridized carbons (Fsp3) is 0.160. The fourth-order valence-electron chi connectivity index (χ4n) is 4.30. The number of nitrogens with zero attached hydrogens (tertiary/aromatic N) is 2. The summed E-state index contributed by atoms with van der Waals surface area (Å²) in [5, 5.41) is 8.04. The van der Waals surface area contributed by atoms with Crippen molar-refractivity contribution in [2.24, 2.45) is 0 Å². The normalized spacial score (nSPS) is 13.3. The van der Waals surface area contributed by atoms with Crippen LogP contribution in [0.5, 0.6) is 0 Å². The second-order valence-electron chi connectivity index (χ2n) is 7.57. The Balaban J connectivity index is 1.73. The van der Waals surface area contributed by atoms with Crippen LogP contribution in [0.2, 0.25) is 0 Å². The van der Waals surface area contributed by atoms with Gasteiger partial charge in [-0.2, -0.15) is 18.3 Å². The van der Waals surface area contributed by atoms with Crippen LogP contribution in [0.3, 0.4) is 0 Å². The van der Waals surface area contributed by atoms with E-state index in [0.717, 1.165) is 34.9 Å². The van der Waals surface area contributed by atoms with Crippen LogP contribution in [0.1, 0.15) is 33.9 Å². The van der Waals surface area contributed by atoms with E-state index in [1.165, 1.54) is 16.8 Å². The average Bonchev–Trinajstić information content (AvgIpc) is 3.39. The lowest BCUT2D eigenvalue weighted by Crippen LogP contribution is -2.14. The van der Waals surface area contributed by atoms with Crippen molar-refractivity contribution in [1.82, 2.24) is 9.78 Å². The maximum Gasteiger partial charge on any atom is 0.418 e. The van der Waals surface area contributed by atoms with Crippen LogP contribution in [0.25, 0.3) is 5.69 Å². The van der Waals surface area contributed by atoms with E-state index in [1.807, 2.05) is 60.7 Å². The number of aromatic nitrogens is 2. The molecule has 0 fully saturated rings. The second-order valence-corrected chi connectivity index (χ2v) is 7.57. The first-order valence-electron chi connectivity index (χ1n) is 10.2. The number of benzene rings is 3. The molecule has 1 aromatic heterocycles. The molecule has 0 radical (unpaired) electrons. The predicted molar refractivity (Wildman–Crippen MR) is 115 cm³/mol. The zero-order valence-corrected chi connectivity index (χ0v) is 16.6. The maximum atomic E-state index is 13.7. The highest BCUT2D eigenvalue weighted by molar-refractivity contribution is 5.61. The van der Waals surface area contributed by atoms with Crippen molar-refractivity contribution in [3.8, 4) is 5.69 Å². The predicted octanol–water partition coefficient (Wildman–Crippen LogP) is 6.04. The van der Waals surface area contributed by atoms with E-state index < -0.39 is 11.7 Å².